The van der Waals surface area contributed by atoms with Crippen molar-refractivity contribution in [3.63, 3.8) is 0 Å². The first-order valence-electron chi connectivity index (χ1n) is 5.47. The maximum atomic E-state index is 5.93. The third-order valence-corrected chi connectivity index (χ3v) is 3.92. The van der Waals surface area contributed by atoms with E-state index in [0.29, 0.717) is 0 Å². The maximum Gasteiger partial charge on any atom is 0.128 e. The highest BCUT2D eigenvalue weighted by atomic mass is 35.5. The lowest BCUT2D eigenvalue weighted by Gasteiger charge is -2.09. The number of methoxy groups -OCH3 is 1. The molecule has 3 aromatic rings. The van der Waals surface area contributed by atoms with Crippen LogP contribution in [0.25, 0.3) is 21.2 Å². The van der Waals surface area contributed by atoms with Crippen molar-refractivity contribution in [1.82, 2.24) is 4.37 Å². The molecule has 0 aliphatic heterocycles. The first-order valence-corrected chi connectivity index (χ1v) is 6.62. The molecule has 0 saturated heterocycles. The number of rotatable bonds is 2. The maximum absolute atomic E-state index is 5.93. The van der Waals surface area contributed by atoms with Crippen molar-refractivity contribution < 1.29 is 4.74 Å². The van der Waals surface area contributed by atoms with Gasteiger partial charge in [-0.15, -0.1) is 0 Å². The Morgan fingerprint density at radius 3 is 2.61 bits per heavy atom. The topological polar surface area (TPSA) is 22.1 Å². The summed E-state index contributed by atoms with van der Waals surface area (Å²) in [7, 11) is 1.68. The van der Waals surface area contributed by atoms with Crippen LogP contribution in [0.15, 0.2) is 42.6 Å². The third-order valence-electron chi connectivity index (χ3n) is 2.84. The van der Waals surface area contributed by atoms with E-state index in [0.717, 1.165) is 32.0 Å². The van der Waals surface area contributed by atoms with Gasteiger partial charge in [-0.3, -0.25) is 0 Å². The normalized spacial score (nSPS) is 10.8. The molecule has 0 bridgehead atoms. The Balaban J connectivity index is 2.31. The monoisotopic (exact) mass is 275 g/mol. The molecule has 0 unspecified atom stereocenters. The molecule has 0 saturated carbocycles. The molecule has 2 nitrogen and oxygen atoms in total. The van der Waals surface area contributed by atoms with E-state index in [4.69, 9.17) is 16.3 Å². The van der Waals surface area contributed by atoms with Gasteiger partial charge < -0.3 is 4.74 Å². The van der Waals surface area contributed by atoms with Gasteiger partial charge in [-0.05, 0) is 41.4 Å². The Bertz CT molecular complexity index is 691. The van der Waals surface area contributed by atoms with Gasteiger partial charge in [0.2, 0.25) is 0 Å². The second-order valence-corrected chi connectivity index (χ2v) is 5.13. The summed E-state index contributed by atoms with van der Waals surface area (Å²) in [5, 5.41) is 1.86. The van der Waals surface area contributed by atoms with E-state index in [9.17, 15) is 0 Å². The van der Waals surface area contributed by atoms with Gasteiger partial charge in [0.15, 0.2) is 0 Å². The molecule has 0 amide bonds. The zero-order valence-electron chi connectivity index (χ0n) is 9.68. The number of hydrogen-bond acceptors (Lipinski definition) is 3. The zero-order valence-corrected chi connectivity index (χ0v) is 11.3. The lowest BCUT2D eigenvalue weighted by atomic mass is 10.0. The lowest BCUT2D eigenvalue weighted by molar-refractivity contribution is 0.417. The molecule has 0 fully saturated rings. The number of halogens is 1. The molecule has 1 aromatic heterocycles. The largest absolute Gasteiger partial charge is 0.496 e. The van der Waals surface area contributed by atoms with Gasteiger partial charge in [0, 0.05) is 22.2 Å². The van der Waals surface area contributed by atoms with Crippen LogP contribution in [0.3, 0.4) is 0 Å². The van der Waals surface area contributed by atoms with Gasteiger partial charge in [0.25, 0.3) is 0 Å². The minimum atomic E-state index is 0.731. The summed E-state index contributed by atoms with van der Waals surface area (Å²) in [6.45, 7) is 0. The summed E-state index contributed by atoms with van der Waals surface area (Å²) < 4.78 is 10.8. The van der Waals surface area contributed by atoms with Crippen LogP contribution in [0.4, 0.5) is 0 Å². The molecule has 2 aromatic carbocycles. The van der Waals surface area contributed by atoms with Crippen molar-refractivity contribution in [2.24, 2.45) is 0 Å². The molecule has 4 heteroatoms. The summed E-state index contributed by atoms with van der Waals surface area (Å²) in [6, 6.07) is 11.8. The van der Waals surface area contributed by atoms with Crippen LogP contribution in [0, 0.1) is 0 Å². The molecule has 0 N–H and O–H groups in total. The predicted molar refractivity (Wildman–Crippen MR) is 76.6 cm³/mol. The van der Waals surface area contributed by atoms with Crippen LogP contribution < -0.4 is 4.74 Å². The highest BCUT2D eigenvalue weighted by Crippen LogP contribution is 2.39. The van der Waals surface area contributed by atoms with Gasteiger partial charge in [-0.1, -0.05) is 23.7 Å². The molecule has 90 valence electrons. The summed E-state index contributed by atoms with van der Waals surface area (Å²) in [6.07, 6.45) is 1.87. The van der Waals surface area contributed by atoms with E-state index in [1.54, 1.807) is 7.11 Å². The Labute approximate surface area is 114 Å². The molecule has 0 atom stereocenters. The van der Waals surface area contributed by atoms with Gasteiger partial charge in [0.1, 0.15) is 5.75 Å². The third kappa shape index (κ3) is 1.85. The molecule has 1 heterocycles. The molecular formula is C14H10ClNOS. The number of aromatic nitrogens is 1. The van der Waals surface area contributed by atoms with Gasteiger partial charge >= 0.3 is 0 Å². The van der Waals surface area contributed by atoms with Crippen LogP contribution in [-0.4, -0.2) is 11.5 Å². The minimum absolute atomic E-state index is 0.731. The average Bonchev–Trinajstić information content (AvgIpc) is 2.87. The fourth-order valence-electron chi connectivity index (χ4n) is 1.98. The number of hydrogen-bond donors (Lipinski definition) is 0. The van der Waals surface area contributed by atoms with Gasteiger partial charge in [0.05, 0.1) is 11.8 Å². The van der Waals surface area contributed by atoms with E-state index >= 15 is 0 Å². The summed E-state index contributed by atoms with van der Waals surface area (Å²) in [4.78, 5) is 0. The van der Waals surface area contributed by atoms with Crippen molar-refractivity contribution in [3.8, 4) is 16.9 Å². The molecular weight excluding hydrogens is 266 g/mol. The fraction of sp³-hybridized carbons (Fsp3) is 0.0714. The molecule has 0 radical (unpaired) electrons. The number of fused-ring (bicyclic) bond motifs is 1. The summed E-state index contributed by atoms with van der Waals surface area (Å²) in [5.74, 6) is 0.856. The van der Waals surface area contributed by atoms with Crippen molar-refractivity contribution in [2.45, 2.75) is 0 Å². The van der Waals surface area contributed by atoms with Crippen LogP contribution in [0.5, 0.6) is 5.75 Å². The van der Waals surface area contributed by atoms with Crippen LogP contribution in [-0.2, 0) is 0 Å². The fourth-order valence-corrected chi connectivity index (χ4v) is 2.91. The van der Waals surface area contributed by atoms with E-state index < -0.39 is 0 Å². The van der Waals surface area contributed by atoms with Crippen LogP contribution in [0.2, 0.25) is 5.02 Å². The Kier molecular flexibility index (Phi) is 2.94. The molecule has 0 aliphatic carbocycles. The summed E-state index contributed by atoms with van der Waals surface area (Å²) >= 11 is 7.41. The first-order chi connectivity index (χ1) is 8.79. The van der Waals surface area contributed by atoms with Crippen molar-refractivity contribution in [2.75, 3.05) is 7.11 Å². The predicted octanol–water partition coefficient (Wildman–Crippen LogP) is 4.63. The average molecular weight is 276 g/mol. The number of ether oxygens (including phenoxy) is 1. The Morgan fingerprint density at radius 1 is 1.11 bits per heavy atom. The molecule has 3 rings (SSSR count). The molecule has 0 spiro atoms. The summed E-state index contributed by atoms with van der Waals surface area (Å²) in [5.41, 5.74) is 2.17. The smallest absolute Gasteiger partial charge is 0.128 e. The van der Waals surface area contributed by atoms with E-state index in [2.05, 4.69) is 4.37 Å². The standard InChI is InChI=1S/C14H10ClNOS/c1-17-12-7-4-10-8-16-18-14(10)13(12)9-2-5-11(15)6-3-9/h2-8H,1H3. The quantitative estimate of drug-likeness (QED) is 0.680. The van der Waals surface area contributed by atoms with Crippen LogP contribution in [0.1, 0.15) is 0 Å². The molecule has 0 aliphatic rings. The highest BCUT2D eigenvalue weighted by Gasteiger charge is 2.12. The van der Waals surface area contributed by atoms with Gasteiger partial charge in [-0.2, -0.15) is 4.37 Å². The van der Waals surface area contributed by atoms with E-state index in [1.807, 2.05) is 42.6 Å². The number of nitrogens with zero attached hydrogens (tertiary/aromatic N) is 1. The van der Waals surface area contributed by atoms with E-state index in [1.165, 1.54) is 11.5 Å². The Morgan fingerprint density at radius 2 is 1.89 bits per heavy atom. The second kappa shape index (κ2) is 4.59. The number of benzene rings is 2. The minimum Gasteiger partial charge on any atom is -0.496 e. The SMILES string of the molecule is COc1ccc2cnsc2c1-c1ccc(Cl)cc1. The van der Waals surface area contributed by atoms with Crippen molar-refractivity contribution in [3.05, 3.63) is 47.6 Å². The Hall–Kier alpha value is -1.58. The lowest BCUT2D eigenvalue weighted by Crippen LogP contribution is -1.87. The van der Waals surface area contributed by atoms with E-state index in [-0.39, 0.29) is 0 Å². The van der Waals surface area contributed by atoms with Crippen molar-refractivity contribution >= 4 is 33.2 Å². The zero-order chi connectivity index (χ0) is 12.5. The van der Waals surface area contributed by atoms with Crippen molar-refractivity contribution in [1.29, 1.82) is 0 Å². The second-order valence-electron chi connectivity index (χ2n) is 3.89. The van der Waals surface area contributed by atoms with Crippen LogP contribution >= 0.6 is 23.1 Å². The van der Waals surface area contributed by atoms with Gasteiger partial charge in [-0.25, -0.2) is 0 Å². The first kappa shape index (κ1) is 11.5. The highest BCUT2D eigenvalue weighted by molar-refractivity contribution is 7.14. The molecule has 18 heavy (non-hydrogen) atoms.